The third-order valence-corrected chi connectivity index (χ3v) is 22.3. The molecule has 4 aliphatic carbocycles. The van der Waals surface area contributed by atoms with Gasteiger partial charge >= 0.3 is 0 Å². The molecule has 32 atom stereocenters. The number of fused-ring (bicyclic) bond motifs is 20. The van der Waals surface area contributed by atoms with Gasteiger partial charge in [-0.3, -0.25) is 42.5 Å². The molecule has 0 aromatic carbocycles. The standard InChI is InChI=1S/C64H120F8N16/c1-9-17-25-73-49-37-39(51(75-27-19-11-3)55(79-31-23-15-7)53(49)77-29-21-13-5)63-86-61(37)84-59-35-33(41(65)45(69)47(71)43(35)67)57(82-59)81-58-34-36(44(68)48(72)46(70)42(34)66)60(83-58)85-62-38-40(64(87-62)88-63)52(76-28-20-12-4)56(80-32-24-16-8)54(78-30-22-14-6)50(38)74-26-18-10-2/h33-64,73-88H,9-32H2,1-8H3. The van der Waals surface area contributed by atoms with Crippen molar-refractivity contribution < 1.29 is 35.1 Å². The molecule has 5 aliphatic heterocycles. The van der Waals surface area contributed by atoms with Crippen molar-refractivity contribution in [2.24, 2.45) is 47.3 Å². The molecule has 16 N–H and O–H groups in total. The van der Waals surface area contributed by atoms with Crippen LogP contribution in [0.15, 0.2) is 0 Å². The Hall–Kier alpha value is -1.20. The van der Waals surface area contributed by atoms with Crippen LogP contribution >= 0.6 is 0 Å². The van der Waals surface area contributed by atoms with E-state index in [9.17, 15) is 0 Å². The lowest BCUT2D eigenvalue weighted by molar-refractivity contribution is -0.0872. The Labute approximate surface area is 523 Å². The highest BCUT2D eigenvalue weighted by atomic mass is 19.2. The van der Waals surface area contributed by atoms with Crippen molar-refractivity contribution in [3.05, 3.63) is 0 Å². The summed E-state index contributed by atoms with van der Waals surface area (Å²) in [6, 6.07) is -1.11. The molecule has 32 unspecified atom stereocenters. The maximum atomic E-state index is 17.2. The quantitative estimate of drug-likeness (QED) is 0.0313. The van der Waals surface area contributed by atoms with Gasteiger partial charge in [-0.15, -0.1) is 0 Å². The summed E-state index contributed by atoms with van der Waals surface area (Å²) in [5.41, 5.74) is 0. The lowest BCUT2D eigenvalue weighted by atomic mass is 9.66. The number of hydrogen-bond donors (Lipinski definition) is 16. The van der Waals surface area contributed by atoms with Crippen LogP contribution in [0.25, 0.3) is 0 Å². The fraction of sp³-hybridized carbons (Fsp3) is 1.00. The van der Waals surface area contributed by atoms with E-state index >= 15 is 35.1 Å². The summed E-state index contributed by atoms with van der Waals surface area (Å²) in [5, 5.41) is 63.1. The first-order valence-electron chi connectivity index (χ1n) is 35.8. The Kier molecular flexibility index (Phi) is 27.4. The molecule has 0 radical (unpaired) electrons. The number of nitrogens with one attached hydrogen (secondary N) is 16. The SMILES string of the molecule is CCCCNC1C(NCCCC)C(NCCCC)C2C3NC(NC4NC(NC5NC(NC6NC(N3)C3C(NCCCC)C(NCCCC)C(NCCCC)C(NCCCC)C63)C3C(F)C(F)C(F)C(F)C53)C3C(F)C(F)C(F)C(F)C43)C2C1NCCCC. The Morgan fingerprint density at radius 2 is 0.330 bits per heavy atom. The molecule has 9 rings (SSSR count). The Balaban J connectivity index is 1.26. The van der Waals surface area contributed by atoms with E-state index in [4.69, 9.17) is 0 Å². The highest BCUT2D eigenvalue weighted by molar-refractivity contribution is 5.23. The van der Waals surface area contributed by atoms with Gasteiger partial charge in [0.15, 0.2) is 24.7 Å². The summed E-state index contributed by atoms with van der Waals surface area (Å²) in [6.45, 7) is 23.6. The smallest absolute Gasteiger partial charge is 0.165 e. The molecule has 0 amide bonds. The second-order valence-electron chi connectivity index (χ2n) is 28.0. The molecule has 8 bridgehead atoms. The van der Waals surface area contributed by atoms with Gasteiger partial charge in [-0.05, 0) is 104 Å². The van der Waals surface area contributed by atoms with Gasteiger partial charge in [0.2, 0.25) is 0 Å². The first kappa shape index (κ1) is 71.1. The molecule has 0 aromatic heterocycles. The zero-order valence-electron chi connectivity index (χ0n) is 54.5. The minimum atomic E-state index is -2.81. The first-order chi connectivity index (χ1) is 42.7. The fourth-order valence-corrected chi connectivity index (χ4v) is 17.9. The van der Waals surface area contributed by atoms with Crippen LogP contribution in [0.5, 0.6) is 0 Å². The molecule has 9 fully saturated rings. The van der Waals surface area contributed by atoms with E-state index in [1.54, 1.807) is 0 Å². The van der Waals surface area contributed by atoms with Gasteiger partial charge < -0.3 is 42.5 Å². The van der Waals surface area contributed by atoms with Crippen LogP contribution in [0.4, 0.5) is 35.1 Å². The molecule has 5 heterocycles. The summed E-state index contributed by atoms with van der Waals surface area (Å²) in [4.78, 5) is 0. The van der Waals surface area contributed by atoms with Crippen molar-refractivity contribution >= 4 is 0 Å². The van der Waals surface area contributed by atoms with E-state index in [1.807, 2.05) is 0 Å². The summed E-state index contributed by atoms with van der Waals surface area (Å²) >= 11 is 0. The van der Waals surface area contributed by atoms with Gasteiger partial charge in [-0.1, -0.05) is 107 Å². The van der Waals surface area contributed by atoms with E-state index in [0.29, 0.717) is 0 Å². The summed E-state index contributed by atoms with van der Waals surface area (Å²) < 4.78 is 133. The molecular formula is C64H120F8N16. The average Bonchev–Trinajstić information content (AvgIpc) is 1.61. The zero-order valence-corrected chi connectivity index (χ0v) is 54.5. The van der Waals surface area contributed by atoms with Gasteiger partial charge in [0.05, 0.1) is 49.3 Å². The minimum absolute atomic E-state index is 0.0795. The number of alkyl halides is 8. The number of rotatable bonds is 32. The maximum Gasteiger partial charge on any atom is 0.165 e. The van der Waals surface area contributed by atoms with Crippen molar-refractivity contribution in [1.29, 1.82) is 0 Å². The number of hydrogen-bond acceptors (Lipinski definition) is 16. The van der Waals surface area contributed by atoms with E-state index in [2.05, 4.69) is 140 Å². The topological polar surface area (TPSA) is 192 Å². The normalized spacial score (nSPS) is 46.4. The second kappa shape index (κ2) is 34.0. The molecule has 512 valence electrons. The van der Waals surface area contributed by atoms with E-state index < -0.39 is 122 Å². The largest absolute Gasteiger partial charge is 0.312 e. The van der Waals surface area contributed by atoms with Crippen LogP contribution in [-0.2, 0) is 0 Å². The highest BCUT2D eigenvalue weighted by Gasteiger charge is 2.68. The van der Waals surface area contributed by atoms with Crippen molar-refractivity contribution in [2.45, 2.75) is 305 Å². The fourth-order valence-electron chi connectivity index (χ4n) is 17.9. The minimum Gasteiger partial charge on any atom is -0.312 e. The predicted molar refractivity (Wildman–Crippen MR) is 336 cm³/mol. The van der Waals surface area contributed by atoms with Crippen LogP contribution in [0.3, 0.4) is 0 Å². The average molecular weight is 1270 g/mol. The second-order valence-corrected chi connectivity index (χ2v) is 28.0. The summed E-state index contributed by atoms with van der Waals surface area (Å²) in [6.07, 6.45) is -12.9. The monoisotopic (exact) mass is 1260 g/mol. The molecule has 0 aromatic rings. The molecule has 5 saturated heterocycles. The maximum absolute atomic E-state index is 17.2. The lowest BCUT2D eigenvalue weighted by Crippen LogP contribution is -2.76. The number of unbranched alkanes of at least 4 members (excludes halogenated alkanes) is 8. The zero-order chi connectivity index (χ0) is 62.8. The number of halogens is 8. The van der Waals surface area contributed by atoms with E-state index in [-0.39, 0.29) is 72.0 Å². The van der Waals surface area contributed by atoms with E-state index in [1.165, 1.54) is 0 Å². The Morgan fingerprint density at radius 1 is 0.193 bits per heavy atom. The van der Waals surface area contributed by atoms with Crippen molar-refractivity contribution in [3.63, 3.8) is 0 Å². The van der Waals surface area contributed by atoms with E-state index in [0.717, 1.165) is 155 Å². The molecule has 16 nitrogen and oxygen atoms in total. The third kappa shape index (κ3) is 15.1. The predicted octanol–water partition coefficient (Wildman–Crippen LogP) is 5.14. The Bertz CT molecular complexity index is 1890. The van der Waals surface area contributed by atoms with Crippen LogP contribution in [0.1, 0.15) is 158 Å². The summed E-state index contributed by atoms with van der Waals surface area (Å²) in [5.74, 6) is -6.98. The van der Waals surface area contributed by atoms with Gasteiger partial charge in [-0.2, -0.15) is 0 Å². The molecule has 9 aliphatic rings. The van der Waals surface area contributed by atoms with Crippen LogP contribution in [-0.4, -0.2) is 199 Å². The molecule has 24 heteroatoms. The van der Waals surface area contributed by atoms with Crippen LogP contribution in [0, 0.1) is 47.3 Å². The molecule has 4 saturated carbocycles. The van der Waals surface area contributed by atoms with Gasteiger partial charge in [0.25, 0.3) is 0 Å². The highest BCUT2D eigenvalue weighted by Crippen LogP contribution is 2.50. The third-order valence-electron chi connectivity index (χ3n) is 22.3. The van der Waals surface area contributed by atoms with Crippen molar-refractivity contribution in [1.82, 2.24) is 85.1 Å². The Morgan fingerprint density at radius 3 is 0.477 bits per heavy atom. The first-order valence-corrected chi connectivity index (χ1v) is 35.8. The van der Waals surface area contributed by atoms with Gasteiger partial charge in [0, 0.05) is 95.7 Å². The summed E-state index contributed by atoms with van der Waals surface area (Å²) in [7, 11) is 0. The molecular weight excluding hydrogens is 1140 g/mol. The van der Waals surface area contributed by atoms with Crippen LogP contribution in [0.2, 0.25) is 0 Å². The van der Waals surface area contributed by atoms with Gasteiger partial charge in [0.1, 0.15) is 24.7 Å². The van der Waals surface area contributed by atoms with Crippen LogP contribution < -0.4 is 85.1 Å². The molecule has 0 spiro atoms. The van der Waals surface area contributed by atoms with Crippen molar-refractivity contribution in [3.8, 4) is 0 Å². The lowest BCUT2D eigenvalue weighted by Gasteiger charge is -2.54. The van der Waals surface area contributed by atoms with Gasteiger partial charge in [-0.25, -0.2) is 35.1 Å². The molecule has 88 heavy (non-hydrogen) atoms. The van der Waals surface area contributed by atoms with Crippen molar-refractivity contribution in [2.75, 3.05) is 52.4 Å².